The number of carbonyl (C=O) groups excluding carboxylic acids is 2. The fraction of sp³-hybridized carbons (Fsp3) is 0.467. The Morgan fingerprint density at radius 1 is 1.29 bits per heavy atom. The third-order valence-electron chi connectivity index (χ3n) is 3.15. The molecule has 0 radical (unpaired) electrons. The molecular weight excluding hydrogens is 270 g/mol. The smallest absolute Gasteiger partial charge is 0.238 e. The van der Waals surface area contributed by atoms with Gasteiger partial charge >= 0.3 is 0 Å². The monoisotopic (exact) mass is 291 g/mol. The van der Waals surface area contributed by atoms with Crippen LogP contribution < -0.4 is 16.0 Å². The summed E-state index contributed by atoms with van der Waals surface area (Å²) >= 11 is 0. The van der Waals surface area contributed by atoms with E-state index in [1.54, 1.807) is 24.3 Å². The Balaban J connectivity index is 1.75. The minimum absolute atomic E-state index is 0.118. The van der Waals surface area contributed by atoms with Crippen LogP contribution in [0.2, 0.25) is 0 Å². The number of benzene rings is 1. The summed E-state index contributed by atoms with van der Waals surface area (Å²) in [5, 5.41) is 8.55. The zero-order valence-corrected chi connectivity index (χ0v) is 12.1. The van der Waals surface area contributed by atoms with Crippen LogP contribution in [0.3, 0.4) is 0 Å². The maximum Gasteiger partial charge on any atom is 0.238 e. The van der Waals surface area contributed by atoms with Crippen molar-refractivity contribution in [3.63, 3.8) is 0 Å². The van der Waals surface area contributed by atoms with Crippen molar-refractivity contribution in [3.05, 3.63) is 24.3 Å². The Kier molecular flexibility index (Phi) is 5.71. The van der Waals surface area contributed by atoms with E-state index in [2.05, 4.69) is 16.0 Å². The van der Waals surface area contributed by atoms with Gasteiger partial charge in [-0.1, -0.05) is 6.07 Å². The van der Waals surface area contributed by atoms with Crippen molar-refractivity contribution in [2.75, 3.05) is 30.3 Å². The largest absolute Gasteiger partial charge is 0.377 e. The van der Waals surface area contributed by atoms with Crippen LogP contribution in [0.1, 0.15) is 19.8 Å². The van der Waals surface area contributed by atoms with Gasteiger partial charge in [-0.3, -0.25) is 9.59 Å². The summed E-state index contributed by atoms with van der Waals surface area (Å²) < 4.78 is 5.47. The van der Waals surface area contributed by atoms with Gasteiger partial charge in [-0.2, -0.15) is 0 Å². The highest BCUT2D eigenvalue weighted by Crippen LogP contribution is 2.15. The zero-order chi connectivity index (χ0) is 15.1. The molecule has 1 unspecified atom stereocenters. The second-order valence-corrected chi connectivity index (χ2v) is 5.08. The minimum atomic E-state index is -0.142. The molecule has 1 aromatic carbocycles. The molecular formula is C15H21N3O3. The van der Waals surface area contributed by atoms with E-state index >= 15 is 0 Å². The Hall–Kier alpha value is -1.92. The Morgan fingerprint density at radius 3 is 2.71 bits per heavy atom. The van der Waals surface area contributed by atoms with Crippen molar-refractivity contribution in [2.45, 2.75) is 25.9 Å². The Morgan fingerprint density at radius 2 is 2.05 bits per heavy atom. The minimum Gasteiger partial charge on any atom is -0.377 e. The summed E-state index contributed by atoms with van der Waals surface area (Å²) in [7, 11) is 0. The summed E-state index contributed by atoms with van der Waals surface area (Å²) in [4.78, 5) is 22.8. The van der Waals surface area contributed by atoms with Crippen molar-refractivity contribution in [2.24, 2.45) is 0 Å². The molecule has 3 N–H and O–H groups in total. The number of nitrogens with one attached hydrogen (secondary N) is 3. The van der Waals surface area contributed by atoms with Gasteiger partial charge in [-0.25, -0.2) is 0 Å². The molecule has 1 aromatic rings. The number of rotatable bonds is 6. The number of anilines is 2. The maximum atomic E-state index is 11.8. The molecule has 6 heteroatoms. The number of ether oxygens (including phenoxy) is 1. The molecule has 0 spiro atoms. The van der Waals surface area contributed by atoms with Crippen molar-refractivity contribution in [1.29, 1.82) is 0 Å². The molecule has 114 valence electrons. The summed E-state index contributed by atoms with van der Waals surface area (Å²) in [6, 6.07) is 7.05. The van der Waals surface area contributed by atoms with E-state index in [0.29, 0.717) is 17.9 Å². The first-order valence-corrected chi connectivity index (χ1v) is 7.13. The standard InChI is InChI=1S/C15H21N3O3/c1-11(19)17-12-4-2-5-13(8-12)18-15(20)10-16-9-14-6-3-7-21-14/h2,4-5,8,14,16H,3,6-7,9-10H2,1H3,(H,17,19)(H,18,20). The van der Waals surface area contributed by atoms with Gasteiger partial charge in [0.2, 0.25) is 11.8 Å². The molecule has 0 aromatic heterocycles. The molecule has 1 atom stereocenters. The molecule has 1 saturated heterocycles. The third-order valence-corrected chi connectivity index (χ3v) is 3.15. The number of hydrogen-bond acceptors (Lipinski definition) is 4. The molecule has 0 bridgehead atoms. The molecule has 1 aliphatic heterocycles. The number of carbonyl (C=O) groups is 2. The van der Waals surface area contributed by atoms with Crippen LogP contribution in [-0.4, -0.2) is 37.6 Å². The Labute approximate surface area is 124 Å². The fourth-order valence-electron chi connectivity index (χ4n) is 2.24. The van der Waals surface area contributed by atoms with E-state index in [1.807, 2.05) is 0 Å². The van der Waals surface area contributed by atoms with E-state index in [-0.39, 0.29) is 24.5 Å². The molecule has 21 heavy (non-hydrogen) atoms. The summed E-state index contributed by atoms with van der Waals surface area (Å²) in [5.74, 6) is -0.260. The van der Waals surface area contributed by atoms with Crippen LogP contribution >= 0.6 is 0 Å². The lowest BCUT2D eigenvalue weighted by Gasteiger charge is -2.11. The first kappa shape index (κ1) is 15.5. The summed E-state index contributed by atoms with van der Waals surface area (Å²) in [6.07, 6.45) is 2.36. The second-order valence-electron chi connectivity index (χ2n) is 5.08. The van der Waals surface area contributed by atoms with Gasteiger partial charge < -0.3 is 20.7 Å². The van der Waals surface area contributed by atoms with Crippen molar-refractivity contribution < 1.29 is 14.3 Å². The van der Waals surface area contributed by atoms with Crippen LogP contribution in [0.5, 0.6) is 0 Å². The predicted octanol–water partition coefficient (Wildman–Crippen LogP) is 1.35. The molecule has 0 saturated carbocycles. The first-order valence-electron chi connectivity index (χ1n) is 7.13. The zero-order valence-electron chi connectivity index (χ0n) is 12.1. The lowest BCUT2D eigenvalue weighted by atomic mass is 10.2. The van der Waals surface area contributed by atoms with Crippen molar-refractivity contribution >= 4 is 23.2 Å². The van der Waals surface area contributed by atoms with E-state index < -0.39 is 0 Å². The second kappa shape index (κ2) is 7.75. The highest BCUT2D eigenvalue weighted by molar-refractivity contribution is 5.94. The van der Waals surface area contributed by atoms with Gasteiger partial charge in [0.25, 0.3) is 0 Å². The van der Waals surface area contributed by atoms with Gasteiger partial charge in [0.1, 0.15) is 0 Å². The fourth-order valence-corrected chi connectivity index (χ4v) is 2.24. The average molecular weight is 291 g/mol. The summed E-state index contributed by atoms with van der Waals surface area (Å²) in [6.45, 7) is 3.19. The average Bonchev–Trinajstić information content (AvgIpc) is 2.91. The van der Waals surface area contributed by atoms with Gasteiger partial charge in [-0.15, -0.1) is 0 Å². The normalized spacial score (nSPS) is 17.5. The quantitative estimate of drug-likeness (QED) is 0.739. The number of hydrogen-bond donors (Lipinski definition) is 3. The van der Waals surface area contributed by atoms with E-state index in [0.717, 1.165) is 19.4 Å². The van der Waals surface area contributed by atoms with Gasteiger partial charge in [0.05, 0.1) is 12.6 Å². The third kappa shape index (κ3) is 5.53. The topological polar surface area (TPSA) is 79.5 Å². The lowest BCUT2D eigenvalue weighted by Crippen LogP contribution is -2.33. The van der Waals surface area contributed by atoms with Crippen molar-refractivity contribution in [3.8, 4) is 0 Å². The number of amides is 2. The predicted molar refractivity (Wildman–Crippen MR) is 81.2 cm³/mol. The van der Waals surface area contributed by atoms with Crippen LogP contribution in [0, 0.1) is 0 Å². The highest BCUT2D eigenvalue weighted by Gasteiger charge is 2.15. The molecule has 6 nitrogen and oxygen atoms in total. The van der Waals surface area contributed by atoms with Gasteiger partial charge in [-0.05, 0) is 31.0 Å². The van der Waals surface area contributed by atoms with Gasteiger partial charge in [0, 0.05) is 31.5 Å². The van der Waals surface area contributed by atoms with Crippen LogP contribution in [0.15, 0.2) is 24.3 Å². The molecule has 2 amide bonds. The van der Waals surface area contributed by atoms with Crippen LogP contribution in [0.25, 0.3) is 0 Å². The van der Waals surface area contributed by atoms with Crippen molar-refractivity contribution in [1.82, 2.24) is 5.32 Å². The molecule has 1 aliphatic rings. The molecule has 1 fully saturated rings. The summed E-state index contributed by atoms with van der Waals surface area (Å²) in [5.41, 5.74) is 1.32. The van der Waals surface area contributed by atoms with E-state index in [1.165, 1.54) is 6.92 Å². The lowest BCUT2D eigenvalue weighted by molar-refractivity contribution is -0.115. The molecule has 2 rings (SSSR count). The highest BCUT2D eigenvalue weighted by atomic mass is 16.5. The van der Waals surface area contributed by atoms with E-state index in [4.69, 9.17) is 4.74 Å². The SMILES string of the molecule is CC(=O)Nc1cccc(NC(=O)CNCC2CCCO2)c1. The van der Waals surface area contributed by atoms with E-state index in [9.17, 15) is 9.59 Å². The maximum absolute atomic E-state index is 11.8. The molecule has 0 aliphatic carbocycles. The molecule has 1 heterocycles. The van der Waals surface area contributed by atoms with Gasteiger partial charge in [0.15, 0.2) is 0 Å². The van der Waals surface area contributed by atoms with Crippen LogP contribution in [-0.2, 0) is 14.3 Å². The Bertz CT molecular complexity index is 499. The first-order chi connectivity index (χ1) is 10.1. The van der Waals surface area contributed by atoms with Crippen LogP contribution in [0.4, 0.5) is 11.4 Å².